The largest absolute Gasteiger partial charge is 0.380 e. The van der Waals surface area contributed by atoms with Gasteiger partial charge in [0.05, 0.1) is 6.20 Å². The SMILES string of the molecule is Brc1ccc2c(c1)NCc1cnoc1-2. The summed E-state index contributed by atoms with van der Waals surface area (Å²) in [6.07, 6.45) is 1.76. The first kappa shape index (κ1) is 8.05. The second kappa shape index (κ2) is 2.85. The van der Waals surface area contributed by atoms with Crippen LogP contribution in [0.15, 0.2) is 33.4 Å². The first-order chi connectivity index (χ1) is 6.84. The summed E-state index contributed by atoms with van der Waals surface area (Å²) in [4.78, 5) is 0. The van der Waals surface area contributed by atoms with Crippen LogP contribution in [0.3, 0.4) is 0 Å². The Kier molecular flexibility index (Phi) is 1.64. The van der Waals surface area contributed by atoms with Gasteiger partial charge in [-0.3, -0.25) is 0 Å². The van der Waals surface area contributed by atoms with Gasteiger partial charge in [-0.15, -0.1) is 0 Å². The van der Waals surface area contributed by atoms with E-state index in [0.29, 0.717) is 0 Å². The molecule has 0 saturated carbocycles. The Balaban J connectivity index is 2.26. The summed E-state index contributed by atoms with van der Waals surface area (Å²) >= 11 is 3.43. The van der Waals surface area contributed by atoms with Gasteiger partial charge >= 0.3 is 0 Å². The summed E-state index contributed by atoms with van der Waals surface area (Å²) in [5.41, 5.74) is 3.27. The van der Waals surface area contributed by atoms with Crippen LogP contribution in [-0.4, -0.2) is 5.16 Å². The van der Waals surface area contributed by atoms with Crippen LogP contribution in [-0.2, 0) is 6.54 Å². The standard InChI is InChI=1S/C10H7BrN2O/c11-7-1-2-8-9(3-7)12-4-6-5-13-14-10(6)8/h1-3,5,12H,4H2. The number of halogens is 1. The van der Waals surface area contributed by atoms with E-state index in [2.05, 4.69) is 26.4 Å². The average molecular weight is 251 g/mol. The van der Waals surface area contributed by atoms with E-state index < -0.39 is 0 Å². The molecule has 1 aliphatic heterocycles. The topological polar surface area (TPSA) is 38.1 Å². The van der Waals surface area contributed by atoms with Crippen LogP contribution in [0.4, 0.5) is 5.69 Å². The van der Waals surface area contributed by atoms with Gasteiger partial charge in [-0.05, 0) is 18.2 Å². The van der Waals surface area contributed by atoms with Crippen molar-refractivity contribution in [2.75, 3.05) is 5.32 Å². The molecule has 0 amide bonds. The first-order valence-corrected chi connectivity index (χ1v) is 5.11. The van der Waals surface area contributed by atoms with Crippen molar-refractivity contribution in [3.05, 3.63) is 34.4 Å². The van der Waals surface area contributed by atoms with Crippen LogP contribution in [0.5, 0.6) is 0 Å². The number of nitrogens with zero attached hydrogens (tertiary/aromatic N) is 1. The molecule has 0 unspecified atom stereocenters. The monoisotopic (exact) mass is 250 g/mol. The van der Waals surface area contributed by atoms with E-state index in [1.807, 2.05) is 18.2 Å². The van der Waals surface area contributed by atoms with Crippen molar-refractivity contribution in [2.45, 2.75) is 6.54 Å². The Labute approximate surface area is 89.2 Å². The minimum atomic E-state index is 0.780. The second-order valence-corrected chi connectivity index (χ2v) is 4.14. The van der Waals surface area contributed by atoms with E-state index in [-0.39, 0.29) is 0 Å². The molecule has 0 bridgehead atoms. The highest BCUT2D eigenvalue weighted by molar-refractivity contribution is 9.10. The highest BCUT2D eigenvalue weighted by Crippen LogP contribution is 2.36. The van der Waals surface area contributed by atoms with Crippen molar-refractivity contribution in [1.29, 1.82) is 0 Å². The van der Waals surface area contributed by atoms with Crippen molar-refractivity contribution in [3.63, 3.8) is 0 Å². The molecule has 2 heterocycles. The second-order valence-electron chi connectivity index (χ2n) is 3.22. The van der Waals surface area contributed by atoms with E-state index in [1.165, 1.54) is 0 Å². The fourth-order valence-electron chi connectivity index (χ4n) is 1.66. The lowest BCUT2D eigenvalue weighted by atomic mass is 10.0. The summed E-state index contributed by atoms with van der Waals surface area (Å²) < 4.78 is 6.28. The third-order valence-electron chi connectivity index (χ3n) is 2.34. The molecule has 1 aliphatic rings. The molecule has 1 aromatic heterocycles. The fraction of sp³-hybridized carbons (Fsp3) is 0.100. The van der Waals surface area contributed by atoms with Crippen LogP contribution < -0.4 is 5.32 Å². The molecule has 4 heteroatoms. The molecule has 14 heavy (non-hydrogen) atoms. The molecule has 0 spiro atoms. The fourth-order valence-corrected chi connectivity index (χ4v) is 2.02. The number of rotatable bonds is 0. The van der Waals surface area contributed by atoms with Gasteiger partial charge in [-0.25, -0.2) is 0 Å². The minimum Gasteiger partial charge on any atom is -0.380 e. The first-order valence-electron chi connectivity index (χ1n) is 4.32. The number of fused-ring (bicyclic) bond motifs is 3. The number of nitrogens with one attached hydrogen (secondary N) is 1. The minimum absolute atomic E-state index is 0.780. The van der Waals surface area contributed by atoms with Crippen LogP contribution >= 0.6 is 15.9 Å². The smallest absolute Gasteiger partial charge is 0.173 e. The van der Waals surface area contributed by atoms with E-state index in [4.69, 9.17) is 4.52 Å². The molecule has 0 atom stereocenters. The molecule has 0 saturated heterocycles. The lowest BCUT2D eigenvalue weighted by Gasteiger charge is -2.16. The van der Waals surface area contributed by atoms with E-state index >= 15 is 0 Å². The maximum Gasteiger partial charge on any atom is 0.173 e. The highest BCUT2D eigenvalue weighted by Gasteiger charge is 2.19. The Hall–Kier alpha value is -1.29. The van der Waals surface area contributed by atoms with Gasteiger partial charge in [0.15, 0.2) is 5.76 Å². The van der Waals surface area contributed by atoms with Gasteiger partial charge in [0.25, 0.3) is 0 Å². The van der Waals surface area contributed by atoms with Crippen molar-refractivity contribution < 1.29 is 4.52 Å². The zero-order chi connectivity index (χ0) is 9.54. The molecule has 3 nitrogen and oxygen atoms in total. The van der Waals surface area contributed by atoms with Gasteiger partial charge < -0.3 is 9.84 Å². The zero-order valence-electron chi connectivity index (χ0n) is 7.25. The molecule has 3 rings (SSSR count). The van der Waals surface area contributed by atoms with Crippen molar-refractivity contribution in [2.24, 2.45) is 0 Å². The van der Waals surface area contributed by atoms with E-state index in [1.54, 1.807) is 6.20 Å². The summed E-state index contributed by atoms with van der Waals surface area (Å²) in [7, 11) is 0. The molecule has 0 fully saturated rings. The molecule has 1 N–H and O–H groups in total. The Morgan fingerprint density at radius 1 is 1.43 bits per heavy atom. The summed E-state index contributed by atoms with van der Waals surface area (Å²) in [5, 5.41) is 7.11. The Morgan fingerprint density at radius 3 is 3.29 bits per heavy atom. The van der Waals surface area contributed by atoms with Crippen LogP contribution in [0.2, 0.25) is 0 Å². The predicted molar refractivity (Wildman–Crippen MR) is 57.0 cm³/mol. The molecule has 0 aliphatic carbocycles. The van der Waals surface area contributed by atoms with Gasteiger partial charge in [-0.1, -0.05) is 21.1 Å². The number of benzene rings is 1. The normalized spacial score (nSPS) is 12.9. The van der Waals surface area contributed by atoms with Crippen molar-refractivity contribution in [3.8, 4) is 11.3 Å². The number of aromatic nitrogens is 1. The van der Waals surface area contributed by atoms with Crippen LogP contribution in [0.25, 0.3) is 11.3 Å². The van der Waals surface area contributed by atoms with E-state index in [9.17, 15) is 0 Å². The summed E-state index contributed by atoms with van der Waals surface area (Å²) in [5.74, 6) is 0.881. The van der Waals surface area contributed by atoms with Crippen molar-refractivity contribution >= 4 is 21.6 Å². The van der Waals surface area contributed by atoms with Crippen LogP contribution in [0, 0.1) is 0 Å². The van der Waals surface area contributed by atoms with Crippen molar-refractivity contribution in [1.82, 2.24) is 5.16 Å². The third-order valence-corrected chi connectivity index (χ3v) is 2.83. The Bertz CT molecular complexity index is 493. The maximum atomic E-state index is 5.22. The average Bonchev–Trinajstić information content (AvgIpc) is 2.65. The zero-order valence-corrected chi connectivity index (χ0v) is 8.84. The summed E-state index contributed by atoms with van der Waals surface area (Å²) in [6, 6.07) is 6.06. The van der Waals surface area contributed by atoms with Gasteiger partial charge in [0.2, 0.25) is 0 Å². The highest BCUT2D eigenvalue weighted by atomic mass is 79.9. The lowest BCUT2D eigenvalue weighted by Crippen LogP contribution is -2.06. The van der Waals surface area contributed by atoms with Gasteiger partial charge in [-0.2, -0.15) is 0 Å². The molecule has 2 aromatic rings. The van der Waals surface area contributed by atoms with Gasteiger partial charge in [0.1, 0.15) is 0 Å². The molecule has 0 radical (unpaired) electrons. The lowest BCUT2D eigenvalue weighted by molar-refractivity contribution is 0.431. The number of anilines is 1. The number of hydrogen-bond acceptors (Lipinski definition) is 3. The van der Waals surface area contributed by atoms with Crippen LogP contribution in [0.1, 0.15) is 5.56 Å². The maximum absolute atomic E-state index is 5.22. The Morgan fingerprint density at radius 2 is 2.36 bits per heavy atom. The molecule has 70 valence electrons. The van der Waals surface area contributed by atoms with E-state index in [0.717, 1.165) is 33.6 Å². The summed E-state index contributed by atoms with van der Waals surface area (Å²) in [6.45, 7) is 0.780. The predicted octanol–water partition coefficient (Wildman–Crippen LogP) is 3.03. The quantitative estimate of drug-likeness (QED) is 0.782. The number of hydrogen-bond donors (Lipinski definition) is 1. The molecule has 1 aromatic carbocycles. The molecular formula is C10H7BrN2O. The van der Waals surface area contributed by atoms with Gasteiger partial charge in [0, 0.05) is 27.8 Å². The third kappa shape index (κ3) is 1.07. The molecular weight excluding hydrogens is 244 g/mol.